The average Bonchev–Trinajstić information content (AvgIpc) is 2.63. The minimum Gasteiger partial charge on any atom is -0.313 e. The number of likely N-dealkylation sites (tertiary alicyclic amines) is 1. The molecular weight excluding hydrogens is 184 g/mol. The minimum atomic E-state index is 0.613. The van der Waals surface area contributed by atoms with Crippen molar-refractivity contribution in [3.63, 3.8) is 0 Å². The Morgan fingerprint density at radius 3 is 2.13 bits per heavy atom. The molecule has 2 heteroatoms. The zero-order valence-corrected chi connectivity index (χ0v) is 10.9. The summed E-state index contributed by atoms with van der Waals surface area (Å²) in [5.74, 6) is 0.810. The highest BCUT2D eigenvalue weighted by Crippen LogP contribution is 2.17. The number of rotatable bonds is 6. The van der Waals surface area contributed by atoms with Crippen LogP contribution < -0.4 is 5.32 Å². The van der Waals surface area contributed by atoms with E-state index in [1.165, 1.54) is 32.4 Å². The lowest BCUT2D eigenvalue weighted by Crippen LogP contribution is -2.43. The van der Waals surface area contributed by atoms with Crippen molar-refractivity contribution >= 4 is 0 Å². The minimum absolute atomic E-state index is 0.613. The van der Waals surface area contributed by atoms with Crippen LogP contribution in [0.1, 0.15) is 47.0 Å². The van der Waals surface area contributed by atoms with E-state index < -0.39 is 0 Å². The molecule has 90 valence electrons. The third kappa shape index (κ3) is 4.98. The fourth-order valence-corrected chi connectivity index (χ4v) is 2.38. The molecule has 1 heterocycles. The van der Waals surface area contributed by atoms with E-state index in [1.54, 1.807) is 0 Å². The molecule has 1 fully saturated rings. The van der Waals surface area contributed by atoms with Crippen molar-refractivity contribution in [2.75, 3.05) is 19.6 Å². The maximum atomic E-state index is 3.59. The van der Waals surface area contributed by atoms with Gasteiger partial charge in [0.05, 0.1) is 0 Å². The summed E-state index contributed by atoms with van der Waals surface area (Å²) in [6.07, 6.45) is 4.13. The van der Waals surface area contributed by atoms with E-state index in [1.807, 2.05) is 0 Å². The second-order valence-electron chi connectivity index (χ2n) is 5.59. The van der Waals surface area contributed by atoms with E-state index in [2.05, 4.69) is 37.9 Å². The number of hydrogen-bond acceptors (Lipinski definition) is 2. The van der Waals surface area contributed by atoms with Gasteiger partial charge in [-0.2, -0.15) is 0 Å². The first kappa shape index (κ1) is 13.0. The lowest BCUT2D eigenvalue weighted by molar-refractivity contribution is 0.204. The maximum Gasteiger partial charge on any atom is 0.0223 e. The topological polar surface area (TPSA) is 15.3 Å². The van der Waals surface area contributed by atoms with Crippen LogP contribution >= 0.6 is 0 Å². The van der Waals surface area contributed by atoms with Crippen molar-refractivity contribution in [1.29, 1.82) is 0 Å². The van der Waals surface area contributed by atoms with E-state index in [9.17, 15) is 0 Å². The third-order valence-corrected chi connectivity index (χ3v) is 3.16. The highest BCUT2D eigenvalue weighted by atomic mass is 15.2. The van der Waals surface area contributed by atoms with Crippen LogP contribution in [0.5, 0.6) is 0 Å². The van der Waals surface area contributed by atoms with Crippen LogP contribution in [0, 0.1) is 5.92 Å². The summed E-state index contributed by atoms with van der Waals surface area (Å²) in [4.78, 5) is 2.68. The predicted molar refractivity (Wildman–Crippen MR) is 67.2 cm³/mol. The van der Waals surface area contributed by atoms with Crippen LogP contribution in [0.4, 0.5) is 0 Å². The summed E-state index contributed by atoms with van der Waals surface area (Å²) >= 11 is 0. The summed E-state index contributed by atoms with van der Waals surface area (Å²) in [5.41, 5.74) is 0. The molecule has 0 aromatic carbocycles. The van der Waals surface area contributed by atoms with E-state index >= 15 is 0 Å². The molecule has 0 saturated carbocycles. The first-order valence-electron chi connectivity index (χ1n) is 6.57. The van der Waals surface area contributed by atoms with Gasteiger partial charge in [-0.3, -0.25) is 4.90 Å². The first-order chi connectivity index (χ1) is 7.09. The van der Waals surface area contributed by atoms with Gasteiger partial charge in [0.15, 0.2) is 0 Å². The fourth-order valence-electron chi connectivity index (χ4n) is 2.38. The van der Waals surface area contributed by atoms with Crippen LogP contribution in [0.15, 0.2) is 0 Å². The number of hydrogen-bond donors (Lipinski definition) is 1. The third-order valence-electron chi connectivity index (χ3n) is 3.16. The molecule has 1 aliphatic heterocycles. The quantitative estimate of drug-likeness (QED) is 0.728. The van der Waals surface area contributed by atoms with Gasteiger partial charge < -0.3 is 5.32 Å². The zero-order valence-electron chi connectivity index (χ0n) is 10.9. The molecule has 15 heavy (non-hydrogen) atoms. The molecule has 1 saturated heterocycles. The standard InChI is InChI=1S/C13H28N2/c1-11(2)9-13(10-14-12(3)4)15-7-5-6-8-15/h11-14H,5-10H2,1-4H3. The number of nitrogens with zero attached hydrogens (tertiary/aromatic N) is 1. The molecule has 1 rings (SSSR count). The highest BCUT2D eigenvalue weighted by molar-refractivity contribution is 4.79. The van der Waals surface area contributed by atoms with E-state index in [0.717, 1.165) is 18.5 Å². The van der Waals surface area contributed by atoms with Crippen molar-refractivity contribution in [3.05, 3.63) is 0 Å². The Labute approximate surface area is 95.4 Å². The predicted octanol–water partition coefficient (Wildman–Crippen LogP) is 2.49. The lowest BCUT2D eigenvalue weighted by atomic mass is 10.0. The first-order valence-corrected chi connectivity index (χ1v) is 6.57. The Bertz CT molecular complexity index is 160. The summed E-state index contributed by atoms with van der Waals surface area (Å²) in [5, 5.41) is 3.59. The van der Waals surface area contributed by atoms with E-state index in [0.29, 0.717) is 6.04 Å². The van der Waals surface area contributed by atoms with Crippen LogP contribution in [-0.4, -0.2) is 36.6 Å². The molecule has 0 aromatic rings. The van der Waals surface area contributed by atoms with Gasteiger partial charge in [0, 0.05) is 18.6 Å². The lowest BCUT2D eigenvalue weighted by Gasteiger charge is -2.30. The van der Waals surface area contributed by atoms with Crippen LogP contribution in [0.3, 0.4) is 0 Å². The molecule has 0 amide bonds. The van der Waals surface area contributed by atoms with Crippen molar-refractivity contribution in [2.24, 2.45) is 5.92 Å². The van der Waals surface area contributed by atoms with Gasteiger partial charge >= 0.3 is 0 Å². The molecule has 0 bridgehead atoms. The van der Waals surface area contributed by atoms with Gasteiger partial charge in [0.1, 0.15) is 0 Å². The molecule has 1 unspecified atom stereocenters. The second kappa shape index (κ2) is 6.49. The Balaban J connectivity index is 2.37. The summed E-state index contributed by atoms with van der Waals surface area (Å²) in [6, 6.07) is 1.37. The normalized spacial score (nSPS) is 20.4. The molecule has 0 spiro atoms. The smallest absolute Gasteiger partial charge is 0.0223 e. The van der Waals surface area contributed by atoms with Gasteiger partial charge in [0.25, 0.3) is 0 Å². The fraction of sp³-hybridized carbons (Fsp3) is 1.00. The van der Waals surface area contributed by atoms with Gasteiger partial charge in [-0.15, -0.1) is 0 Å². The van der Waals surface area contributed by atoms with Crippen molar-refractivity contribution in [3.8, 4) is 0 Å². The second-order valence-corrected chi connectivity index (χ2v) is 5.59. The SMILES string of the molecule is CC(C)CC(CNC(C)C)N1CCCC1. The Morgan fingerprint density at radius 1 is 1.07 bits per heavy atom. The highest BCUT2D eigenvalue weighted by Gasteiger charge is 2.22. The van der Waals surface area contributed by atoms with Crippen LogP contribution in [0.2, 0.25) is 0 Å². The van der Waals surface area contributed by atoms with Crippen molar-refractivity contribution in [1.82, 2.24) is 10.2 Å². The van der Waals surface area contributed by atoms with Gasteiger partial charge in [-0.25, -0.2) is 0 Å². The molecule has 0 aliphatic carbocycles. The number of nitrogens with one attached hydrogen (secondary N) is 1. The van der Waals surface area contributed by atoms with Crippen molar-refractivity contribution < 1.29 is 0 Å². The Kier molecular flexibility index (Phi) is 5.62. The Hall–Kier alpha value is -0.0800. The van der Waals surface area contributed by atoms with Gasteiger partial charge in [0.2, 0.25) is 0 Å². The van der Waals surface area contributed by atoms with Crippen molar-refractivity contribution in [2.45, 2.75) is 59.0 Å². The summed E-state index contributed by atoms with van der Waals surface area (Å²) in [7, 11) is 0. The molecule has 0 radical (unpaired) electrons. The molecule has 1 aliphatic rings. The summed E-state index contributed by atoms with van der Waals surface area (Å²) < 4.78 is 0. The van der Waals surface area contributed by atoms with Gasteiger partial charge in [-0.1, -0.05) is 27.7 Å². The monoisotopic (exact) mass is 212 g/mol. The maximum absolute atomic E-state index is 3.59. The van der Waals surface area contributed by atoms with Crippen LogP contribution in [0.25, 0.3) is 0 Å². The Morgan fingerprint density at radius 2 is 1.67 bits per heavy atom. The molecular formula is C13H28N2. The summed E-state index contributed by atoms with van der Waals surface area (Å²) in [6.45, 7) is 12.9. The van der Waals surface area contributed by atoms with Gasteiger partial charge in [-0.05, 0) is 38.3 Å². The average molecular weight is 212 g/mol. The largest absolute Gasteiger partial charge is 0.313 e. The molecule has 0 aromatic heterocycles. The molecule has 2 nitrogen and oxygen atoms in total. The molecule has 1 N–H and O–H groups in total. The van der Waals surface area contributed by atoms with E-state index in [-0.39, 0.29) is 0 Å². The van der Waals surface area contributed by atoms with Crippen LogP contribution in [-0.2, 0) is 0 Å². The molecule has 1 atom stereocenters. The van der Waals surface area contributed by atoms with E-state index in [4.69, 9.17) is 0 Å². The zero-order chi connectivity index (χ0) is 11.3.